The lowest BCUT2D eigenvalue weighted by Crippen LogP contribution is -2.37. The number of aryl methyl sites for hydroxylation is 1. The van der Waals surface area contributed by atoms with E-state index in [0.717, 1.165) is 12.0 Å². The number of hydrogen-bond acceptors (Lipinski definition) is 3. The molecule has 2 atom stereocenters. The zero-order valence-electron chi connectivity index (χ0n) is 9.96. The Bertz CT molecular complexity index is 340. The number of ether oxygens (including phenoxy) is 1. The summed E-state index contributed by atoms with van der Waals surface area (Å²) >= 11 is 0. The van der Waals surface area contributed by atoms with Gasteiger partial charge in [0.15, 0.2) is 0 Å². The molecule has 16 heavy (non-hydrogen) atoms. The Morgan fingerprint density at radius 1 is 1.50 bits per heavy atom. The average molecular weight is 226 g/mol. The fourth-order valence-corrected chi connectivity index (χ4v) is 1.84. The van der Waals surface area contributed by atoms with Gasteiger partial charge in [0.2, 0.25) is 0 Å². The van der Waals surface area contributed by atoms with Gasteiger partial charge in [-0.1, -0.05) is 24.6 Å². The number of methoxy groups -OCH3 is 1. The normalized spacial score (nSPS) is 14.8. The van der Waals surface area contributed by atoms with Crippen molar-refractivity contribution in [3.05, 3.63) is 35.1 Å². The van der Waals surface area contributed by atoms with Gasteiger partial charge in [-0.3, -0.25) is 11.3 Å². The smallest absolute Gasteiger partial charge is 0.128 e. The molecule has 0 bridgehead atoms. The largest absolute Gasteiger partial charge is 0.379 e. The van der Waals surface area contributed by atoms with Crippen molar-refractivity contribution in [3.8, 4) is 0 Å². The standard InChI is InChI=1S/C12H19FN2O/c1-4-11(16-3)12(15-14)9-7-8(2)5-6-10(9)13/h5-7,11-12,15H,4,14H2,1-3H3. The molecular formula is C12H19FN2O. The molecule has 90 valence electrons. The molecule has 1 rings (SSSR count). The van der Waals surface area contributed by atoms with Crippen molar-refractivity contribution in [2.24, 2.45) is 5.84 Å². The van der Waals surface area contributed by atoms with Gasteiger partial charge in [-0.05, 0) is 19.4 Å². The molecule has 1 aromatic rings. The van der Waals surface area contributed by atoms with Crippen LogP contribution in [0.1, 0.15) is 30.5 Å². The molecule has 3 N–H and O–H groups in total. The summed E-state index contributed by atoms with van der Waals surface area (Å²) in [5, 5.41) is 0. The average Bonchev–Trinajstić information content (AvgIpc) is 2.29. The summed E-state index contributed by atoms with van der Waals surface area (Å²) < 4.78 is 19.0. The van der Waals surface area contributed by atoms with Gasteiger partial charge in [0, 0.05) is 12.7 Å². The van der Waals surface area contributed by atoms with Crippen molar-refractivity contribution >= 4 is 0 Å². The van der Waals surface area contributed by atoms with E-state index < -0.39 is 0 Å². The second kappa shape index (κ2) is 5.94. The number of hydrazine groups is 1. The van der Waals surface area contributed by atoms with Crippen LogP contribution in [0.2, 0.25) is 0 Å². The van der Waals surface area contributed by atoms with Gasteiger partial charge < -0.3 is 4.74 Å². The van der Waals surface area contributed by atoms with Crippen LogP contribution in [0.25, 0.3) is 0 Å². The number of hydrogen-bond donors (Lipinski definition) is 2. The highest BCUT2D eigenvalue weighted by atomic mass is 19.1. The monoisotopic (exact) mass is 226 g/mol. The second-order valence-corrected chi connectivity index (χ2v) is 3.85. The Labute approximate surface area is 95.8 Å². The lowest BCUT2D eigenvalue weighted by Gasteiger charge is -2.25. The Morgan fingerprint density at radius 3 is 2.69 bits per heavy atom. The van der Waals surface area contributed by atoms with Gasteiger partial charge in [-0.15, -0.1) is 0 Å². The van der Waals surface area contributed by atoms with Crippen LogP contribution in [0.5, 0.6) is 0 Å². The third kappa shape index (κ3) is 2.78. The van der Waals surface area contributed by atoms with Crippen LogP contribution in [0.4, 0.5) is 4.39 Å². The van der Waals surface area contributed by atoms with Crippen LogP contribution in [0.3, 0.4) is 0 Å². The van der Waals surface area contributed by atoms with E-state index in [1.807, 2.05) is 13.8 Å². The minimum absolute atomic E-state index is 0.138. The van der Waals surface area contributed by atoms with Gasteiger partial charge in [0.05, 0.1) is 12.1 Å². The third-order valence-corrected chi connectivity index (χ3v) is 2.74. The predicted molar refractivity (Wildman–Crippen MR) is 62.3 cm³/mol. The Kier molecular flexibility index (Phi) is 4.86. The van der Waals surface area contributed by atoms with E-state index in [1.165, 1.54) is 6.07 Å². The molecule has 0 aromatic heterocycles. The van der Waals surface area contributed by atoms with Gasteiger partial charge in [-0.2, -0.15) is 0 Å². The first-order chi connectivity index (χ1) is 7.63. The Morgan fingerprint density at radius 2 is 2.19 bits per heavy atom. The minimum Gasteiger partial charge on any atom is -0.379 e. The molecule has 0 spiro atoms. The van der Waals surface area contributed by atoms with E-state index in [-0.39, 0.29) is 18.0 Å². The molecule has 2 unspecified atom stereocenters. The second-order valence-electron chi connectivity index (χ2n) is 3.85. The first kappa shape index (κ1) is 13.1. The van der Waals surface area contributed by atoms with Crippen LogP contribution in [-0.2, 0) is 4.74 Å². The number of rotatable bonds is 5. The molecule has 0 aliphatic heterocycles. The molecule has 0 amide bonds. The quantitative estimate of drug-likeness (QED) is 0.597. The fraction of sp³-hybridized carbons (Fsp3) is 0.500. The van der Waals surface area contributed by atoms with Gasteiger partial charge in [-0.25, -0.2) is 4.39 Å². The van der Waals surface area contributed by atoms with Crippen molar-refractivity contribution in [1.82, 2.24) is 5.43 Å². The van der Waals surface area contributed by atoms with E-state index in [0.29, 0.717) is 5.56 Å². The molecule has 3 nitrogen and oxygen atoms in total. The molecular weight excluding hydrogens is 207 g/mol. The van der Waals surface area contributed by atoms with Gasteiger partial charge >= 0.3 is 0 Å². The maximum Gasteiger partial charge on any atom is 0.128 e. The maximum absolute atomic E-state index is 13.7. The number of halogens is 1. The van der Waals surface area contributed by atoms with Crippen molar-refractivity contribution in [2.75, 3.05) is 7.11 Å². The van der Waals surface area contributed by atoms with Crippen LogP contribution >= 0.6 is 0 Å². The lowest BCUT2D eigenvalue weighted by molar-refractivity contribution is 0.0639. The number of nitrogens with two attached hydrogens (primary N) is 1. The number of nitrogens with one attached hydrogen (secondary N) is 1. The zero-order chi connectivity index (χ0) is 12.1. The summed E-state index contributed by atoms with van der Waals surface area (Å²) in [7, 11) is 1.60. The molecule has 0 aliphatic rings. The van der Waals surface area contributed by atoms with Crippen LogP contribution in [0, 0.1) is 12.7 Å². The summed E-state index contributed by atoms with van der Waals surface area (Å²) in [6.07, 6.45) is 0.625. The first-order valence-electron chi connectivity index (χ1n) is 5.39. The molecule has 0 fully saturated rings. The summed E-state index contributed by atoms with van der Waals surface area (Å²) in [5.41, 5.74) is 4.18. The number of benzene rings is 1. The molecule has 1 aromatic carbocycles. The van der Waals surface area contributed by atoms with Crippen molar-refractivity contribution in [2.45, 2.75) is 32.4 Å². The van der Waals surface area contributed by atoms with E-state index in [9.17, 15) is 4.39 Å². The molecule has 0 saturated carbocycles. The lowest BCUT2D eigenvalue weighted by atomic mass is 9.98. The van der Waals surface area contributed by atoms with E-state index >= 15 is 0 Å². The summed E-state index contributed by atoms with van der Waals surface area (Å²) in [4.78, 5) is 0. The summed E-state index contributed by atoms with van der Waals surface area (Å²) in [6.45, 7) is 3.90. The van der Waals surface area contributed by atoms with Gasteiger partial charge in [0.25, 0.3) is 0 Å². The highest BCUT2D eigenvalue weighted by Crippen LogP contribution is 2.24. The minimum atomic E-state index is -0.324. The maximum atomic E-state index is 13.7. The molecule has 0 saturated heterocycles. The highest BCUT2D eigenvalue weighted by Gasteiger charge is 2.23. The Hall–Kier alpha value is -0.970. The summed E-state index contributed by atoms with van der Waals surface area (Å²) in [6, 6.07) is 4.66. The molecule has 0 heterocycles. The van der Waals surface area contributed by atoms with Crippen LogP contribution in [0.15, 0.2) is 18.2 Å². The first-order valence-corrected chi connectivity index (χ1v) is 5.39. The summed E-state index contributed by atoms with van der Waals surface area (Å²) in [5.74, 6) is 5.22. The van der Waals surface area contributed by atoms with Crippen molar-refractivity contribution in [3.63, 3.8) is 0 Å². The van der Waals surface area contributed by atoms with Crippen molar-refractivity contribution in [1.29, 1.82) is 0 Å². The van der Waals surface area contributed by atoms with E-state index in [1.54, 1.807) is 19.2 Å². The molecule has 4 heteroatoms. The van der Waals surface area contributed by atoms with Crippen molar-refractivity contribution < 1.29 is 9.13 Å². The van der Waals surface area contributed by atoms with E-state index in [4.69, 9.17) is 10.6 Å². The predicted octanol–water partition coefficient (Wildman–Crippen LogP) is 2.06. The van der Waals surface area contributed by atoms with E-state index in [2.05, 4.69) is 5.43 Å². The topological polar surface area (TPSA) is 47.3 Å². The third-order valence-electron chi connectivity index (χ3n) is 2.74. The fourth-order valence-electron chi connectivity index (χ4n) is 1.84. The van der Waals surface area contributed by atoms with Crippen LogP contribution in [-0.4, -0.2) is 13.2 Å². The zero-order valence-corrected chi connectivity index (χ0v) is 9.96. The Balaban J connectivity index is 3.06. The molecule has 0 radical (unpaired) electrons. The highest BCUT2D eigenvalue weighted by molar-refractivity contribution is 5.27. The molecule has 0 aliphatic carbocycles. The van der Waals surface area contributed by atoms with Gasteiger partial charge in [0.1, 0.15) is 5.82 Å². The van der Waals surface area contributed by atoms with Crippen LogP contribution < -0.4 is 11.3 Å². The SMILES string of the molecule is CCC(OC)C(NN)c1cc(C)ccc1F.